The van der Waals surface area contributed by atoms with Gasteiger partial charge in [-0.3, -0.25) is 0 Å². The predicted octanol–water partition coefficient (Wildman–Crippen LogP) is 2.36. The lowest BCUT2D eigenvalue weighted by Crippen LogP contribution is -2.27. The van der Waals surface area contributed by atoms with E-state index in [2.05, 4.69) is 32.7 Å². The molecule has 0 saturated heterocycles. The monoisotopic (exact) mass is 314 g/mol. The van der Waals surface area contributed by atoms with Gasteiger partial charge in [0.05, 0.1) is 11.0 Å². The fraction of sp³-hybridized carbons (Fsp3) is 0.500. The molecule has 4 nitrogen and oxygen atoms in total. The smallest absolute Gasteiger partial charge is 0.110 e. The molecule has 2 N–H and O–H groups in total. The molecule has 1 aromatic heterocycles. The van der Waals surface area contributed by atoms with E-state index < -0.39 is 0 Å². The number of nitrogens with zero attached hydrogens (tertiary/aromatic N) is 3. The van der Waals surface area contributed by atoms with Gasteiger partial charge in [0.25, 0.3) is 0 Å². The van der Waals surface area contributed by atoms with E-state index in [1.165, 1.54) is 0 Å². The zero-order valence-corrected chi connectivity index (χ0v) is 13.2. The van der Waals surface area contributed by atoms with Crippen LogP contribution in [0.5, 0.6) is 0 Å². The summed E-state index contributed by atoms with van der Waals surface area (Å²) in [5.74, 6) is 2.17. The molecular formula is C14H20Cl2N4. The van der Waals surface area contributed by atoms with Crippen molar-refractivity contribution in [3.05, 3.63) is 24.0 Å². The number of benzene rings is 1. The van der Waals surface area contributed by atoms with Crippen molar-refractivity contribution in [3.8, 4) is 0 Å². The van der Waals surface area contributed by atoms with Gasteiger partial charge in [-0.05, 0) is 24.7 Å². The zero-order valence-electron chi connectivity index (χ0n) is 11.6. The Labute approximate surface area is 129 Å². The lowest BCUT2D eigenvalue weighted by molar-refractivity contribution is 0.794. The molecule has 0 saturated carbocycles. The molecule has 0 bridgehead atoms. The molecule has 1 heterocycles. The van der Waals surface area contributed by atoms with Crippen LogP contribution in [0.2, 0.25) is 0 Å². The van der Waals surface area contributed by atoms with Gasteiger partial charge in [-0.15, -0.1) is 23.2 Å². The van der Waals surface area contributed by atoms with Crippen molar-refractivity contribution < 1.29 is 0 Å². The van der Waals surface area contributed by atoms with E-state index in [0.717, 1.165) is 42.1 Å². The summed E-state index contributed by atoms with van der Waals surface area (Å²) in [6.45, 7) is 2.17. The highest BCUT2D eigenvalue weighted by Gasteiger charge is 2.11. The first kappa shape index (κ1) is 15.4. The third-order valence-electron chi connectivity index (χ3n) is 3.40. The number of alkyl halides is 2. The summed E-state index contributed by atoms with van der Waals surface area (Å²) in [4.78, 5) is 6.83. The Morgan fingerprint density at radius 2 is 1.95 bits per heavy atom. The van der Waals surface area contributed by atoms with Gasteiger partial charge in [0.15, 0.2) is 0 Å². The molecule has 0 spiro atoms. The van der Waals surface area contributed by atoms with Crippen LogP contribution in [0.25, 0.3) is 11.0 Å². The average molecular weight is 315 g/mol. The molecule has 0 aliphatic carbocycles. The lowest BCUT2D eigenvalue weighted by atomic mass is 10.2. The van der Waals surface area contributed by atoms with E-state index in [4.69, 9.17) is 28.9 Å². The minimum Gasteiger partial charge on any atom is -0.369 e. The number of fused-ring (bicyclic) bond motifs is 1. The molecule has 1 aromatic carbocycles. The number of hydrogen-bond acceptors (Lipinski definition) is 3. The Morgan fingerprint density at radius 3 is 2.55 bits per heavy atom. The second kappa shape index (κ2) is 7.16. The molecule has 0 unspecified atom stereocenters. The zero-order chi connectivity index (χ0) is 14.5. The van der Waals surface area contributed by atoms with Crippen molar-refractivity contribution in [3.63, 3.8) is 0 Å². The Morgan fingerprint density at radius 1 is 1.25 bits per heavy atom. The molecule has 0 aliphatic rings. The van der Waals surface area contributed by atoms with E-state index in [1.807, 2.05) is 7.05 Å². The van der Waals surface area contributed by atoms with Crippen LogP contribution in [0.15, 0.2) is 18.2 Å². The molecule has 0 atom stereocenters. The van der Waals surface area contributed by atoms with E-state index in [-0.39, 0.29) is 0 Å². The summed E-state index contributed by atoms with van der Waals surface area (Å²) in [7, 11) is 2.02. The number of nitrogens with two attached hydrogens (primary N) is 1. The fourth-order valence-electron chi connectivity index (χ4n) is 2.36. The summed E-state index contributed by atoms with van der Waals surface area (Å²) in [6, 6.07) is 6.27. The molecular weight excluding hydrogens is 295 g/mol. The molecule has 6 heteroatoms. The molecule has 0 fully saturated rings. The highest BCUT2D eigenvalue weighted by molar-refractivity contribution is 6.18. The lowest BCUT2D eigenvalue weighted by Gasteiger charge is -2.22. The van der Waals surface area contributed by atoms with E-state index >= 15 is 0 Å². The highest BCUT2D eigenvalue weighted by Crippen LogP contribution is 2.22. The first-order valence-electron chi connectivity index (χ1n) is 6.73. The van der Waals surface area contributed by atoms with Crippen LogP contribution in [0.1, 0.15) is 5.82 Å². The number of rotatable bonds is 7. The quantitative estimate of drug-likeness (QED) is 0.798. The molecule has 2 aromatic rings. The topological polar surface area (TPSA) is 47.1 Å². The van der Waals surface area contributed by atoms with Gasteiger partial charge in [-0.25, -0.2) is 4.98 Å². The normalized spacial score (nSPS) is 11.2. The van der Waals surface area contributed by atoms with E-state index in [1.54, 1.807) is 0 Å². The van der Waals surface area contributed by atoms with Crippen LogP contribution in [0.4, 0.5) is 5.69 Å². The van der Waals surface area contributed by atoms with Gasteiger partial charge < -0.3 is 15.2 Å². The first-order valence-corrected chi connectivity index (χ1v) is 7.80. The number of anilines is 1. The Bertz CT molecular complexity index is 562. The standard InChI is InChI=1S/C14H20Cl2N4/c1-19-13-3-2-11(20(8-5-15)9-6-16)10-12(13)18-14(19)4-7-17/h2-3,10H,4-9,17H2,1H3. The SMILES string of the molecule is Cn1c(CCN)nc2cc(N(CCCl)CCCl)ccc21. The second-order valence-electron chi connectivity index (χ2n) is 4.66. The maximum Gasteiger partial charge on any atom is 0.110 e. The van der Waals surface area contributed by atoms with Gasteiger partial charge in [0.2, 0.25) is 0 Å². The van der Waals surface area contributed by atoms with Crippen molar-refractivity contribution in [1.29, 1.82) is 0 Å². The van der Waals surface area contributed by atoms with Crippen LogP contribution < -0.4 is 10.6 Å². The summed E-state index contributed by atoms with van der Waals surface area (Å²) in [6.07, 6.45) is 0.785. The summed E-state index contributed by atoms with van der Waals surface area (Å²) >= 11 is 11.7. The van der Waals surface area contributed by atoms with Gasteiger partial charge in [-0.1, -0.05) is 0 Å². The highest BCUT2D eigenvalue weighted by atomic mass is 35.5. The molecule has 20 heavy (non-hydrogen) atoms. The number of aryl methyl sites for hydroxylation is 1. The van der Waals surface area contributed by atoms with Gasteiger partial charge in [0, 0.05) is 44.0 Å². The largest absolute Gasteiger partial charge is 0.369 e. The van der Waals surface area contributed by atoms with Crippen molar-refractivity contribution in [2.24, 2.45) is 12.8 Å². The number of hydrogen-bond donors (Lipinski definition) is 1. The van der Waals surface area contributed by atoms with Gasteiger partial charge in [0.1, 0.15) is 5.82 Å². The van der Waals surface area contributed by atoms with Crippen LogP contribution in [0, 0.1) is 0 Å². The predicted molar refractivity (Wildman–Crippen MR) is 87.1 cm³/mol. The Hall–Kier alpha value is -0.970. The van der Waals surface area contributed by atoms with Crippen LogP contribution in [-0.2, 0) is 13.5 Å². The number of halogens is 2. The Balaban J connectivity index is 2.36. The van der Waals surface area contributed by atoms with Crippen LogP contribution in [-0.4, -0.2) is 40.9 Å². The van der Waals surface area contributed by atoms with Gasteiger partial charge in [-0.2, -0.15) is 0 Å². The summed E-state index contributed by atoms with van der Waals surface area (Å²) in [5.41, 5.74) is 8.83. The number of imidazole rings is 1. The van der Waals surface area contributed by atoms with Crippen molar-refractivity contribution in [2.45, 2.75) is 6.42 Å². The third-order valence-corrected chi connectivity index (χ3v) is 3.74. The fourth-order valence-corrected chi connectivity index (χ4v) is 2.77. The van der Waals surface area contributed by atoms with E-state index in [9.17, 15) is 0 Å². The number of aromatic nitrogens is 2. The minimum atomic E-state index is 0.579. The maximum absolute atomic E-state index is 5.85. The van der Waals surface area contributed by atoms with Gasteiger partial charge >= 0.3 is 0 Å². The third kappa shape index (κ3) is 3.19. The van der Waals surface area contributed by atoms with E-state index in [0.29, 0.717) is 18.3 Å². The maximum atomic E-state index is 5.85. The van der Waals surface area contributed by atoms with Crippen LogP contribution >= 0.6 is 23.2 Å². The first-order chi connectivity index (χ1) is 9.71. The summed E-state index contributed by atoms with van der Waals surface area (Å²) < 4.78 is 2.10. The molecule has 0 aliphatic heterocycles. The minimum absolute atomic E-state index is 0.579. The molecule has 2 rings (SSSR count). The molecule has 110 valence electrons. The Kier molecular flexibility index (Phi) is 5.52. The average Bonchev–Trinajstić information content (AvgIpc) is 2.75. The molecule has 0 radical (unpaired) electrons. The van der Waals surface area contributed by atoms with Crippen molar-refractivity contribution >= 4 is 39.9 Å². The second-order valence-corrected chi connectivity index (χ2v) is 5.42. The van der Waals surface area contributed by atoms with Crippen molar-refractivity contribution in [1.82, 2.24) is 9.55 Å². The van der Waals surface area contributed by atoms with Crippen LogP contribution in [0.3, 0.4) is 0 Å². The summed E-state index contributed by atoms with van der Waals surface area (Å²) in [5, 5.41) is 0. The molecule has 0 amide bonds. The van der Waals surface area contributed by atoms with Crippen molar-refractivity contribution in [2.75, 3.05) is 36.3 Å².